The van der Waals surface area contributed by atoms with Gasteiger partial charge in [-0.25, -0.2) is 0 Å². The molecule has 0 heterocycles. The summed E-state index contributed by atoms with van der Waals surface area (Å²) in [6.45, 7) is 0. The molecule has 3 nitrogen and oxygen atoms in total. The molecule has 0 bridgehead atoms. The van der Waals surface area contributed by atoms with Crippen molar-refractivity contribution in [3.05, 3.63) is 0 Å². The Morgan fingerprint density at radius 2 is 1.92 bits per heavy atom. The van der Waals surface area contributed by atoms with Crippen LogP contribution in [0.2, 0.25) is 0 Å². The van der Waals surface area contributed by atoms with Gasteiger partial charge in [-0.05, 0) is 12.8 Å². The first kappa shape index (κ1) is 9.92. The van der Waals surface area contributed by atoms with Crippen molar-refractivity contribution in [1.82, 2.24) is 0 Å². The van der Waals surface area contributed by atoms with E-state index >= 15 is 0 Å². The van der Waals surface area contributed by atoms with E-state index in [1.54, 1.807) is 0 Å². The predicted molar refractivity (Wildman–Crippen MR) is 43.1 cm³/mol. The molecule has 0 aromatic carbocycles. The largest absolute Gasteiger partial charge is 0.380 e. The fourth-order valence-corrected chi connectivity index (χ4v) is 2.71. The van der Waals surface area contributed by atoms with Gasteiger partial charge in [0.25, 0.3) is 0 Å². The van der Waals surface area contributed by atoms with Gasteiger partial charge in [-0.3, -0.25) is 0 Å². The minimum Gasteiger partial charge on any atom is -0.380 e. The topological polar surface area (TPSA) is 43.4 Å². The highest BCUT2D eigenvalue weighted by atomic mass is 32.3. The molecule has 0 saturated heterocycles. The van der Waals surface area contributed by atoms with E-state index in [2.05, 4.69) is 0 Å². The molecule has 5 heteroatoms. The normalized spacial score (nSPS) is 31.8. The van der Waals surface area contributed by atoms with Crippen molar-refractivity contribution in [2.24, 2.45) is 0 Å². The van der Waals surface area contributed by atoms with E-state index < -0.39 is 21.6 Å². The molecular formula is C7H13FO3S. The maximum atomic E-state index is 12.6. The maximum Gasteiger partial charge on any atom is 0.307 e. The molecule has 0 N–H and O–H groups in total. The number of ether oxygens (including phenoxy) is 1. The molecule has 0 unspecified atom stereocenters. The van der Waals surface area contributed by atoms with E-state index in [1.165, 1.54) is 7.11 Å². The van der Waals surface area contributed by atoms with Crippen molar-refractivity contribution in [2.45, 2.75) is 37.0 Å². The second-order valence-corrected chi connectivity index (χ2v) is 4.63. The van der Waals surface area contributed by atoms with Crippen molar-refractivity contribution >= 4 is 10.2 Å². The van der Waals surface area contributed by atoms with Gasteiger partial charge in [0.15, 0.2) is 0 Å². The molecule has 2 atom stereocenters. The van der Waals surface area contributed by atoms with Crippen LogP contribution in [0.15, 0.2) is 0 Å². The summed E-state index contributed by atoms with van der Waals surface area (Å²) < 4.78 is 38.7. The minimum absolute atomic E-state index is 0.386. The zero-order valence-corrected chi connectivity index (χ0v) is 7.81. The van der Waals surface area contributed by atoms with Gasteiger partial charge in [0.2, 0.25) is 0 Å². The summed E-state index contributed by atoms with van der Waals surface area (Å²) in [4.78, 5) is 0. The maximum absolute atomic E-state index is 12.6. The van der Waals surface area contributed by atoms with Gasteiger partial charge >= 0.3 is 10.2 Å². The van der Waals surface area contributed by atoms with Crippen molar-refractivity contribution in [3.8, 4) is 0 Å². The Balaban J connectivity index is 2.72. The summed E-state index contributed by atoms with van der Waals surface area (Å²) >= 11 is 0. The van der Waals surface area contributed by atoms with Crippen molar-refractivity contribution in [1.29, 1.82) is 0 Å². The molecule has 1 saturated carbocycles. The zero-order chi connectivity index (χ0) is 9.19. The first-order valence-corrected chi connectivity index (χ1v) is 5.46. The van der Waals surface area contributed by atoms with Gasteiger partial charge in [-0.15, -0.1) is 3.89 Å². The van der Waals surface area contributed by atoms with Gasteiger partial charge in [0, 0.05) is 7.11 Å². The van der Waals surface area contributed by atoms with Gasteiger partial charge in [-0.1, -0.05) is 12.8 Å². The highest BCUT2D eigenvalue weighted by Gasteiger charge is 2.35. The van der Waals surface area contributed by atoms with Gasteiger partial charge in [-0.2, -0.15) is 8.42 Å². The van der Waals surface area contributed by atoms with Crippen LogP contribution in [0, 0.1) is 0 Å². The summed E-state index contributed by atoms with van der Waals surface area (Å²) in [5.41, 5.74) is 0. The molecule has 1 fully saturated rings. The fraction of sp³-hybridized carbons (Fsp3) is 1.00. The highest BCUT2D eigenvalue weighted by Crippen LogP contribution is 2.27. The minimum atomic E-state index is -4.41. The highest BCUT2D eigenvalue weighted by molar-refractivity contribution is 7.87. The van der Waals surface area contributed by atoms with E-state index in [9.17, 15) is 12.3 Å². The SMILES string of the molecule is CO[C@@H]1CCCC[C@@H]1S(=O)(=O)F. The third-order valence-electron chi connectivity index (χ3n) is 2.31. The van der Waals surface area contributed by atoms with E-state index in [0.29, 0.717) is 12.8 Å². The third kappa shape index (κ3) is 2.17. The third-order valence-corrected chi connectivity index (χ3v) is 3.57. The molecule has 12 heavy (non-hydrogen) atoms. The molecule has 1 rings (SSSR count). The van der Waals surface area contributed by atoms with Gasteiger partial charge < -0.3 is 4.74 Å². The lowest BCUT2D eigenvalue weighted by molar-refractivity contribution is 0.0726. The molecule has 0 aliphatic heterocycles. The van der Waals surface area contributed by atoms with Crippen LogP contribution in [0.25, 0.3) is 0 Å². The van der Waals surface area contributed by atoms with E-state index in [1.807, 2.05) is 0 Å². The number of hydrogen-bond acceptors (Lipinski definition) is 3. The Hall–Kier alpha value is -0.160. The van der Waals surface area contributed by atoms with Crippen molar-refractivity contribution < 1.29 is 17.0 Å². The van der Waals surface area contributed by atoms with E-state index in [0.717, 1.165) is 12.8 Å². The molecule has 0 aromatic heterocycles. The summed E-state index contributed by atoms with van der Waals surface area (Å²) in [7, 11) is -2.99. The lowest BCUT2D eigenvalue weighted by Gasteiger charge is -2.26. The van der Waals surface area contributed by atoms with Crippen molar-refractivity contribution in [2.75, 3.05) is 7.11 Å². The smallest absolute Gasteiger partial charge is 0.307 e. The predicted octanol–water partition coefficient (Wildman–Crippen LogP) is 1.24. The standard InChI is InChI=1S/C7H13FO3S/c1-11-6-4-2-3-5-7(6)12(8,9)10/h6-7H,2-5H2,1H3/t6-,7+/m1/s1. The second kappa shape index (κ2) is 3.70. The monoisotopic (exact) mass is 196 g/mol. The molecule has 72 valence electrons. The molecule has 0 radical (unpaired) electrons. The molecule has 0 aromatic rings. The Morgan fingerprint density at radius 1 is 1.33 bits per heavy atom. The molecule has 1 aliphatic rings. The number of rotatable bonds is 2. The quantitative estimate of drug-likeness (QED) is 0.624. The Labute approximate surface area is 72.1 Å². The van der Waals surface area contributed by atoms with Gasteiger partial charge in [0.05, 0.1) is 6.10 Å². The van der Waals surface area contributed by atoms with Crippen LogP contribution >= 0.6 is 0 Å². The second-order valence-electron chi connectivity index (χ2n) is 3.07. The van der Waals surface area contributed by atoms with Crippen molar-refractivity contribution in [3.63, 3.8) is 0 Å². The lowest BCUT2D eigenvalue weighted by atomic mass is 9.97. The summed E-state index contributed by atoms with van der Waals surface area (Å²) in [5.74, 6) is 0. The van der Waals surface area contributed by atoms with Crippen LogP contribution in [0.5, 0.6) is 0 Å². The summed E-state index contributed by atoms with van der Waals surface area (Å²) in [6, 6.07) is 0. The van der Waals surface area contributed by atoms with Crippen LogP contribution in [0.3, 0.4) is 0 Å². The average molecular weight is 196 g/mol. The van der Waals surface area contributed by atoms with Crippen LogP contribution in [0.4, 0.5) is 3.89 Å². The van der Waals surface area contributed by atoms with Crippen LogP contribution in [0.1, 0.15) is 25.7 Å². The van der Waals surface area contributed by atoms with Crippen LogP contribution < -0.4 is 0 Å². The lowest BCUT2D eigenvalue weighted by Crippen LogP contribution is -2.36. The number of hydrogen-bond donors (Lipinski definition) is 0. The molecule has 0 amide bonds. The average Bonchev–Trinajstić information content (AvgIpc) is 2.03. The first-order chi connectivity index (χ1) is 5.55. The molecule has 1 aliphatic carbocycles. The summed E-state index contributed by atoms with van der Waals surface area (Å²) in [5, 5.41) is -0.934. The Bertz CT molecular complexity index is 237. The summed E-state index contributed by atoms with van der Waals surface area (Å²) in [6.07, 6.45) is 2.27. The van der Waals surface area contributed by atoms with E-state index in [-0.39, 0.29) is 0 Å². The number of methoxy groups -OCH3 is 1. The van der Waals surface area contributed by atoms with Gasteiger partial charge in [0.1, 0.15) is 5.25 Å². The fourth-order valence-electron chi connectivity index (χ4n) is 1.65. The van der Waals surface area contributed by atoms with Crippen LogP contribution in [-0.4, -0.2) is 26.9 Å². The molecular weight excluding hydrogens is 183 g/mol. The first-order valence-electron chi connectivity index (χ1n) is 4.02. The zero-order valence-electron chi connectivity index (χ0n) is 6.99. The van der Waals surface area contributed by atoms with E-state index in [4.69, 9.17) is 4.74 Å². The number of halogens is 1. The molecule has 0 spiro atoms. The van der Waals surface area contributed by atoms with Crippen LogP contribution in [-0.2, 0) is 15.0 Å². The Morgan fingerprint density at radius 3 is 2.33 bits per heavy atom. The Kier molecular flexibility index (Phi) is 3.06.